The molecule has 0 unspecified atom stereocenters. The monoisotopic (exact) mass is 398 g/mol. The van der Waals surface area contributed by atoms with Gasteiger partial charge in [0.25, 0.3) is 0 Å². The predicted octanol–water partition coefficient (Wildman–Crippen LogP) is 3.46. The van der Waals surface area contributed by atoms with Crippen molar-refractivity contribution in [1.82, 2.24) is 40.0 Å². The number of fused-ring (bicyclic) bond motifs is 2. The molecule has 8 nitrogen and oxygen atoms in total. The van der Waals surface area contributed by atoms with Crippen LogP contribution in [0.3, 0.4) is 0 Å². The third-order valence-corrected chi connectivity index (χ3v) is 5.98. The Bertz CT molecular complexity index is 1350. The van der Waals surface area contributed by atoms with Crippen LogP contribution in [0.15, 0.2) is 43.1 Å². The van der Waals surface area contributed by atoms with Gasteiger partial charge in [0.15, 0.2) is 0 Å². The molecule has 1 saturated heterocycles. The lowest BCUT2D eigenvalue weighted by molar-refractivity contribution is 0.453. The second-order valence-electron chi connectivity index (χ2n) is 7.95. The van der Waals surface area contributed by atoms with Gasteiger partial charge in [-0.25, -0.2) is 9.97 Å². The molecule has 0 aliphatic carbocycles. The third-order valence-electron chi connectivity index (χ3n) is 5.98. The number of hydrogen-bond donors (Lipinski definition) is 3. The maximum Gasteiger partial charge on any atom is 0.139 e. The van der Waals surface area contributed by atoms with Crippen molar-refractivity contribution in [1.29, 1.82) is 0 Å². The zero-order valence-electron chi connectivity index (χ0n) is 16.7. The van der Waals surface area contributed by atoms with Crippen molar-refractivity contribution in [3.63, 3.8) is 0 Å². The summed E-state index contributed by atoms with van der Waals surface area (Å²) in [6.45, 7) is 4.08. The van der Waals surface area contributed by atoms with E-state index in [0.29, 0.717) is 5.92 Å². The number of imidazole rings is 1. The van der Waals surface area contributed by atoms with Crippen LogP contribution in [-0.4, -0.2) is 47.8 Å². The quantitative estimate of drug-likeness (QED) is 0.432. The topological polar surface area (TPSA) is 100 Å². The van der Waals surface area contributed by atoms with Crippen molar-refractivity contribution in [2.45, 2.75) is 25.7 Å². The Kier molecular flexibility index (Phi) is 3.92. The molecule has 0 atom stereocenters. The van der Waals surface area contributed by atoms with Crippen LogP contribution >= 0.6 is 0 Å². The van der Waals surface area contributed by atoms with Crippen LogP contribution in [0.4, 0.5) is 0 Å². The van der Waals surface area contributed by atoms with Crippen LogP contribution in [0.25, 0.3) is 39.0 Å². The van der Waals surface area contributed by atoms with Crippen LogP contribution in [-0.2, 0) is 0 Å². The molecular formula is C22H22N8. The first kappa shape index (κ1) is 17.3. The second kappa shape index (κ2) is 6.77. The largest absolute Gasteiger partial charge is 0.338 e. The smallest absolute Gasteiger partial charge is 0.139 e. The minimum atomic E-state index is 0.499. The van der Waals surface area contributed by atoms with Gasteiger partial charge in [-0.3, -0.25) is 10.1 Å². The molecule has 6 rings (SSSR count). The van der Waals surface area contributed by atoms with Gasteiger partial charge >= 0.3 is 0 Å². The van der Waals surface area contributed by atoms with Crippen molar-refractivity contribution in [2.24, 2.45) is 0 Å². The standard InChI is InChI=1S/C22H22N8/c1-13-11-30(12-26-13)20-4-7-24-22-16(20)9-18(27-22)21-15-8-17(14-2-5-23-6-3-14)25-10-19(15)28-29-21/h4,7-12,14,23H,2-3,5-6H2,1H3,(H,24,27)(H,28,29). The van der Waals surface area contributed by atoms with Gasteiger partial charge in [0.1, 0.15) is 11.3 Å². The van der Waals surface area contributed by atoms with E-state index in [-0.39, 0.29) is 0 Å². The normalized spacial score (nSPS) is 15.4. The molecule has 0 radical (unpaired) electrons. The summed E-state index contributed by atoms with van der Waals surface area (Å²) in [6, 6.07) is 6.32. The molecule has 5 aromatic rings. The molecular weight excluding hydrogens is 376 g/mol. The van der Waals surface area contributed by atoms with E-state index in [1.54, 1.807) is 0 Å². The minimum Gasteiger partial charge on any atom is -0.338 e. The summed E-state index contributed by atoms with van der Waals surface area (Å²) in [5, 5.41) is 13.3. The number of hydrogen-bond acceptors (Lipinski definition) is 5. The number of aromatic nitrogens is 7. The molecule has 30 heavy (non-hydrogen) atoms. The molecule has 150 valence electrons. The Balaban J connectivity index is 1.47. The fourth-order valence-electron chi connectivity index (χ4n) is 4.40. The van der Waals surface area contributed by atoms with Gasteiger partial charge in [-0.15, -0.1) is 0 Å². The number of rotatable bonds is 3. The van der Waals surface area contributed by atoms with Gasteiger partial charge in [0.2, 0.25) is 0 Å². The predicted molar refractivity (Wildman–Crippen MR) is 116 cm³/mol. The van der Waals surface area contributed by atoms with Gasteiger partial charge in [-0.2, -0.15) is 5.10 Å². The molecule has 0 bridgehead atoms. The lowest BCUT2D eigenvalue weighted by atomic mass is 9.93. The highest BCUT2D eigenvalue weighted by Crippen LogP contribution is 2.32. The number of H-pyrrole nitrogens is 2. The maximum absolute atomic E-state index is 4.70. The van der Waals surface area contributed by atoms with Crippen LogP contribution in [0.5, 0.6) is 0 Å². The first-order valence-corrected chi connectivity index (χ1v) is 10.3. The zero-order valence-corrected chi connectivity index (χ0v) is 16.7. The van der Waals surface area contributed by atoms with Crippen LogP contribution < -0.4 is 5.32 Å². The van der Waals surface area contributed by atoms with E-state index in [4.69, 9.17) is 4.98 Å². The number of aromatic amines is 2. The fourth-order valence-corrected chi connectivity index (χ4v) is 4.40. The molecule has 1 fully saturated rings. The number of nitrogens with one attached hydrogen (secondary N) is 3. The van der Waals surface area contributed by atoms with E-state index in [9.17, 15) is 0 Å². The van der Waals surface area contributed by atoms with Crippen molar-refractivity contribution in [2.75, 3.05) is 13.1 Å². The van der Waals surface area contributed by atoms with Gasteiger partial charge in [0, 0.05) is 34.8 Å². The Morgan fingerprint density at radius 3 is 2.80 bits per heavy atom. The van der Waals surface area contributed by atoms with E-state index in [0.717, 1.165) is 76.3 Å². The van der Waals surface area contributed by atoms with Crippen LogP contribution in [0, 0.1) is 6.92 Å². The van der Waals surface area contributed by atoms with Gasteiger partial charge in [-0.05, 0) is 51.1 Å². The molecule has 8 heteroatoms. The number of nitrogens with zero attached hydrogens (tertiary/aromatic N) is 5. The molecule has 0 aromatic carbocycles. The van der Waals surface area contributed by atoms with E-state index in [1.807, 2.05) is 42.5 Å². The summed E-state index contributed by atoms with van der Waals surface area (Å²) in [5.74, 6) is 0.499. The summed E-state index contributed by atoms with van der Waals surface area (Å²) < 4.78 is 2.03. The minimum absolute atomic E-state index is 0.499. The Labute approximate surface area is 172 Å². The van der Waals surface area contributed by atoms with E-state index >= 15 is 0 Å². The molecule has 6 heterocycles. The van der Waals surface area contributed by atoms with Crippen LogP contribution in [0.1, 0.15) is 30.1 Å². The van der Waals surface area contributed by atoms with Gasteiger partial charge in [-0.1, -0.05) is 0 Å². The number of pyridine rings is 2. The van der Waals surface area contributed by atoms with E-state index in [1.165, 1.54) is 0 Å². The van der Waals surface area contributed by atoms with Crippen molar-refractivity contribution in [3.8, 4) is 17.1 Å². The SMILES string of the molecule is Cc1cn(-c2ccnc3[nH]c(-c4n[nH]c5cnc(C6CCNCC6)cc45)cc23)cn1. The lowest BCUT2D eigenvalue weighted by Crippen LogP contribution is -2.27. The Morgan fingerprint density at radius 2 is 1.97 bits per heavy atom. The first-order valence-electron chi connectivity index (χ1n) is 10.3. The highest BCUT2D eigenvalue weighted by atomic mass is 15.1. The molecule has 5 aromatic heterocycles. The number of piperidine rings is 1. The van der Waals surface area contributed by atoms with E-state index < -0.39 is 0 Å². The zero-order chi connectivity index (χ0) is 20.1. The Hall–Kier alpha value is -3.52. The second-order valence-corrected chi connectivity index (χ2v) is 7.95. The average Bonchev–Trinajstić information content (AvgIpc) is 3.51. The molecule has 1 aliphatic rings. The summed E-state index contributed by atoms with van der Waals surface area (Å²) in [6.07, 6.45) is 9.81. The van der Waals surface area contributed by atoms with Gasteiger partial charge in [0.05, 0.1) is 35.1 Å². The van der Waals surface area contributed by atoms with E-state index in [2.05, 4.69) is 42.6 Å². The van der Waals surface area contributed by atoms with Gasteiger partial charge < -0.3 is 14.9 Å². The van der Waals surface area contributed by atoms with Crippen molar-refractivity contribution < 1.29 is 0 Å². The summed E-state index contributed by atoms with van der Waals surface area (Å²) in [4.78, 5) is 17.0. The van der Waals surface area contributed by atoms with Crippen molar-refractivity contribution >= 4 is 21.9 Å². The molecule has 3 N–H and O–H groups in total. The number of aryl methyl sites for hydroxylation is 1. The molecule has 0 spiro atoms. The summed E-state index contributed by atoms with van der Waals surface area (Å²) in [5.41, 5.74) is 6.78. The maximum atomic E-state index is 4.70. The van der Waals surface area contributed by atoms with Crippen LogP contribution in [0.2, 0.25) is 0 Å². The first-order chi connectivity index (χ1) is 14.8. The summed E-state index contributed by atoms with van der Waals surface area (Å²) >= 11 is 0. The fraction of sp³-hybridized carbons (Fsp3) is 0.273. The highest BCUT2D eigenvalue weighted by molar-refractivity contribution is 5.96. The average molecular weight is 398 g/mol. The highest BCUT2D eigenvalue weighted by Gasteiger charge is 2.19. The summed E-state index contributed by atoms with van der Waals surface area (Å²) in [7, 11) is 0. The third kappa shape index (κ3) is 2.80. The molecule has 0 amide bonds. The van der Waals surface area contributed by atoms with Crippen molar-refractivity contribution in [3.05, 3.63) is 54.5 Å². The lowest BCUT2D eigenvalue weighted by Gasteiger charge is -2.22. The molecule has 1 aliphatic heterocycles. The Morgan fingerprint density at radius 1 is 1.07 bits per heavy atom. The molecule has 0 saturated carbocycles.